The van der Waals surface area contributed by atoms with Crippen LogP contribution in [0.1, 0.15) is 0 Å². The van der Waals surface area contributed by atoms with E-state index >= 15 is 0 Å². The molecule has 0 unspecified atom stereocenters. The van der Waals surface area contributed by atoms with E-state index in [1.54, 1.807) is 0 Å². The normalized spacial score (nSPS) is 12.4. The monoisotopic (exact) mass is 698 g/mol. The molecule has 13 aromatic rings. The summed E-state index contributed by atoms with van der Waals surface area (Å²) >= 11 is 0. The first-order chi connectivity index (χ1) is 27.3. The molecule has 254 valence electrons. The van der Waals surface area contributed by atoms with E-state index in [0.29, 0.717) is 0 Å². The average molecular weight is 699 g/mol. The van der Waals surface area contributed by atoms with Crippen molar-refractivity contribution >= 4 is 87.1 Å². The fourth-order valence-corrected chi connectivity index (χ4v) is 9.74. The Kier molecular flexibility index (Phi) is 5.63. The van der Waals surface area contributed by atoms with Gasteiger partial charge in [-0.1, -0.05) is 127 Å². The quantitative estimate of drug-likeness (QED) is 0.168. The molecule has 0 bridgehead atoms. The number of hydrogen-bond donors (Lipinski definition) is 0. The van der Waals surface area contributed by atoms with E-state index in [1.807, 2.05) is 12.1 Å². The summed E-state index contributed by atoms with van der Waals surface area (Å²) in [5.74, 6) is 0. The highest BCUT2D eigenvalue weighted by atomic mass is 16.3. The fraction of sp³-hybridized carbons (Fsp3) is 0. The first-order valence-electron chi connectivity index (χ1n) is 18.9. The van der Waals surface area contributed by atoms with Gasteiger partial charge in [-0.2, -0.15) is 0 Å². The van der Waals surface area contributed by atoms with E-state index in [1.165, 1.54) is 82.0 Å². The van der Waals surface area contributed by atoms with Crippen molar-refractivity contribution in [3.8, 4) is 33.6 Å². The Bertz CT molecular complexity index is 3640. The SMILES string of the molecule is c1ccc(-n2c3cccc4ccc5c(-c6ccc7c8c6ccc6cccc(c68)n7-c6ccc(-c7cccc8c7oc7ccccc78)cc6)ccc2c5c43)cc1. The number of aromatic nitrogens is 2. The molecule has 0 saturated carbocycles. The fourth-order valence-electron chi connectivity index (χ4n) is 9.74. The maximum atomic E-state index is 6.40. The lowest BCUT2D eigenvalue weighted by Crippen LogP contribution is -1.94. The van der Waals surface area contributed by atoms with Crippen molar-refractivity contribution in [1.29, 1.82) is 0 Å². The van der Waals surface area contributed by atoms with Gasteiger partial charge in [0.1, 0.15) is 11.2 Å². The molecular weight excluding hydrogens is 669 g/mol. The Morgan fingerprint density at radius 3 is 1.51 bits per heavy atom. The van der Waals surface area contributed by atoms with Crippen LogP contribution in [-0.4, -0.2) is 9.13 Å². The van der Waals surface area contributed by atoms with Gasteiger partial charge in [-0.15, -0.1) is 0 Å². The van der Waals surface area contributed by atoms with Gasteiger partial charge in [0.05, 0.1) is 22.1 Å². The van der Waals surface area contributed by atoms with Crippen LogP contribution in [0, 0.1) is 0 Å². The van der Waals surface area contributed by atoms with Crippen LogP contribution in [0.3, 0.4) is 0 Å². The second-order valence-electron chi connectivity index (χ2n) is 14.8. The third-order valence-corrected chi connectivity index (χ3v) is 12.1. The van der Waals surface area contributed by atoms with Gasteiger partial charge in [-0.05, 0) is 92.8 Å². The zero-order valence-electron chi connectivity index (χ0n) is 29.6. The van der Waals surface area contributed by atoms with Gasteiger partial charge in [-0.3, -0.25) is 0 Å². The Hall–Kier alpha value is -7.36. The third-order valence-electron chi connectivity index (χ3n) is 12.1. The standard InChI is InChI=1S/C52H30N2O/c1-2-11-34(12-3-1)53-43-16-6-9-32-21-25-40-37(27-29-45(53)50(40)48(32)43)38-28-30-46-51-41(38)26-22-33-10-7-17-44(49(33)51)54(46)35-23-19-31(20-24-35)36-14-8-15-42-39-13-4-5-18-47(39)55-52(36)42/h1-30H. The lowest BCUT2D eigenvalue weighted by Gasteiger charge is -2.13. The molecule has 0 aliphatic carbocycles. The molecule has 3 aromatic heterocycles. The van der Waals surface area contributed by atoms with Crippen molar-refractivity contribution in [2.24, 2.45) is 0 Å². The summed E-state index contributed by atoms with van der Waals surface area (Å²) in [6.07, 6.45) is 0. The van der Waals surface area contributed by atoms with E-state index in [-0.39, 0.29) is 0 Å². The first-order valence-corrected chi connectivity index (χ1v) is 18.9. The van der Waals surface area contributed by atoms with Gasteiger partial charge in [-0.25, -0.2) is 0 Å². The predicted octanol–water partition coefficient (Wildman–Crippen LogP) is 14.3. The molecule has 0 aliphatic rings. The lowest BCUT2D eigenvalue weighted by molar-refractivity contribution is 0.670. The third kappa shape index (κ3) is 3.84. The highest BCUT2D eigenvalue weighted by Crippen LogP contribution is 2.47. The molecule has 0 aliphatic heterocycles. The number of nitrogens with zero attached hydrogens (tertiary/aromatic N) is 2. The van der Waals surface area contributed by atoms with E-state index in [4.69, 9.17) is 4.42 Å². The Balaban J connectivity index is 1.01. The molecule has 0 N–H and O–H groups in total. The Morgan fingerprint density at radius 2 is 0.855 bits per heavy atom. The number of fused-ring (bicyclic) bond motifs is 3. The van der Waals surface area contributed by atoms with E-state index in [0.717, 1.165) is 38.8 Å². The minimum Gasteiger partial charge on any atom is -0.455 e. The predicted molar refractivity (Wildman–Crippen MR) is 231 cm³/mol. The molecule has 3 heterocycles. The minimum atomic E-state index is 0.917. The van der Waals surface area contributed by atoms with Crippen molar-refractivity contribution in [3.05, 3.63) is 182 Å². The molecule has 3 heteroatoms. The summed E-state index contributed by atoms with van der Waals surface area (Å²) < 4.78 is 11.3. The van der Waals surface area contributed by atoms with E-state index < -0.39 is 0 Å². The zero-order valence-corrected chi connectivity index (χ0v) is 29.6. The summed E-state index contributed by atoms with van der Waals surface area (Å²) in [5, 5.41) is 12.6. The van der Waals surface area contributed by atoms with Crippen LogP contribution >= 0.6 is 0 Å². The Morgan fingerprint density at radius 1 is 0.309 bits per heavy atom. The van der Waals surface area contributed by atoms with Crippen LogP contribution < -0.4 is 0 Å². The molecular formula is C52H30N2O. The number of hydrogen-bond acceptors (Lipinski definition) is 1. The molecule has 0 radical (unpaired) electrons. The molecule has 0 amide bonds. The second-order valence-corrected chi connectivity index (χ2v) is 14.8. The smallest absolute Gasteiger partial charge is 0.143 e. The van der Waals surface area contributed by atoms with E-state index in [9.17, 15) is 0 Å². The van der Waals surface area contributed by atoms with Crippen LogP contribution in [0.25, 0.3) is 121 Å². The topological polar surface area (TPSA) is 23.0 Å². The van der Waals surface area contributed by atoms with Crippen molar-refractivity contribution in [2.45, 2.75) is 0 Å². The minimum absolute atomic E-state index is 0.917. The highest BCUT2D eigenvalue weighted by Gasteiger charge is 2.23. The summed E-state index contributed by atoms with van der Waals surface area (Å²) in [6, 6.07) is 66.4. The van der Waals surface area contributed by atoms with Gasteiger partial charge in [0, 0.05) is 49.3 Å². The number of para-hydroxylation sites is 3. The van der Waals surface area contributed by atoms with Crippen molar-refractivity contribution < 1.29 is 4.42 Å². The summed E-state index contributed by atoms with van der Waals surface area (Å²) in [6.45, 7) is 0. The molecule has 0 atom stereocenters. The van der Waals surface area contributed by atoms with Crippen molar-refractivity contribution in [1.82, 2.24) is 9.13 Å². The van der Waals surface area contributed by atoms with Crippen LogP contribution in [0.15, 0.2) is 186 Å². The summed E-state index contributed by atoms with van der Waals surface area (Å²) in [5.41, 5.74) is 13.8. The molecule has 3 nitrogen and oxygen atoms in total. The van der Waals surface area contributed by atoms with Crippen LogP contribution in [0.4, 0.5) is 0 Å². The average Bonchev–Trinajstić information content (AvgIpc) is 3.92. The maximum Gasteiger partial charge on any atom is 0.143 e. The van der Waals surface area contributed by atoms with Gasteiger partial charge in [0.25, 0.3) is 0 Å². The van der Waals surface area contributed by atoms with Gasteiger partial charge in [0.2, 0.25) is 0 Å². The Labute approximate surface area is 315 Å². The zero-order chi connectivity index (χ0) is 35.8. The van der Waals surface area contributed by atoms with Crippen LogP contribution in [0.2, 0.25) is 0 Å². The summed E-state index contributed by atoms with van der Waals surface area (Å²) in [7, 11) is 0. The van der Waals surface area contributed by atoms with Crippen molar-refractivity contribution in [2.75, 3.05) is 0 Å². The van der Waals surface area contributed by atoms with Gasteiger partial charge < -0.3 is 13.6 Å². The number of furan rings is 1. The van der Waals surface area contributed by atoms with Crippen molar-refractivity contribution in [3.63, 3.8) is 0 Å². The van der Waals surface area contributed by atoms with E-state index in [2.05, 4.69) is 179 Å². The molecule has 10 aromatic carbocycles. The molecule has 55 heavy (non-hydrogen) atoms. The first kappa shape index (κ1) is 29.1. The lowest BCUT2D eigenvalue weighted by atomic mass is 9.90. The second kappa shape index (κ2) is 10.6. The molecule has 0 saturated heterocycles. The summed E-state index contributed by atoms with van der Waals surface area (Å²) in [4.78, 5) is 0. The largest absolute Gasteiger partial charge is 0.455 e. The molecule has 13 rings (SSSR count). The maximum absolute atomic E-state index is 6.40. The van der Waals surface area contributed by atoms with Gasteiger partial charge in [0.15, 0.2) is 0 Å². The van der Waals surface area contributed by atoms with Crippen LogP contribution in [-0.2, 0) is 0 Å². The number of rotatable bonds is 4. The number of benzene rings is 10. The molecule has 0 spiro atoms. The van der Waals surface area contributed by atoms with Crippen LogP contribution in [0.5, 0.6) is 0 Å². The van der Waals surface area contributed by atoms with Gasteiger partial charge >= 0.3 is 0 Å². The highest BCUT2D eigenvalue weighted by molar-refractivity contribution is 6.30. The molecule has 0 fully saturated rings.